The first-order valence-corrected chi connectivity index (χ1v) is 20.7. The van der Waals surface area contributed by atoms with Crippen molar-refractivity contribution in [2.45, 2.75) is 76.6 Å². The molecule has 2 bridgehead atoms. The molecule has 2 aromatic rings. The van der Waals surface area contributed by atoms with Crippen molar-refractivity contribution in [3.63, 3.8) is 0 Å². The van der Waals surface area contributed by atoms with Gasteiger partial charge in [-0.3, -0.25) is 9.52 Å². The Hall–Kier alpha value is -1.65. The number of amides is 1. The van der Waals surface area contributed by atoms with E-state index >= 15 is 0 Å². The third kappa shape index (κ3) is 9.07. The van der Waals surface area contributed by atoms with E-state index in [4.69, 9.17) is 16.3 Å². The van der Waals surface area contributed by atoms with Crippen LogP contribution in [0.15, 0.2) is 48.6 Å². The molecule has 0 radical (unpaired) electrons. The SMILES string of the molecule is C1CSCSC1.CCCc1cc(Cl)ccc1C1COc2ccc3cc2N(C1)CC1CCC1C(O)/C=C/CC(C)C(C)S(=O)NC3=O. The van der Waals surface area contributed by atoms with Crippen molar-refractivity contribution in [1.82, 2.24) is 4.72 Å². The Balaban J connectivity index is 0.000000624. The van der Waals surface area contributed by atoms with Crippen molar-refractivity contribution in [3.05, 3.63) is 70.3 Å². The first-order valence-electron chi connectivity index (χ1n) is 16.8. The Kier molecular flexibility index (Phi) is 13.3. The summed E-state index contributed by atoms with van der Waals surface area (Å²) < 4.78 is 22.1. The summed E-state index contributed by atoms with van der Waals surface area (Å²) in [6.07, 6.45) is 9.57. The van der Waals surface area contributed by atoms with Crippen LogP contribution < -0.4 is 14.4 Å². The number of allylic oxidation sites excluding steroid dienone is 1. The molecule has 7 unspecified atom stereocenters. The minimum Gasteiger partial charge on any atom is -0.491 e. The van der Waals surface area contributed by atoms with Crippen molar-refractivity contribution in [2.24, 2.45) is 17.8 Å². The van der Waals surface area contributed by atoms with Gasteiger partial charge in [-0.25, -0.2) is 4.21 Å². The highest BCUT2D eigenvalue weighted by molar-refractivity contribution is 8.16. The third-order valence-electron chi connectivity index (χ3n) is 9.79. The standard InChI is InChI=1S/C32H41ClN2O4S.C4H8S2/c1-4-6-22-15-26(33)11-13-27(22)25-18-35-17-24-9-12-28(24)30(36)8-5-7-20(2)21(3)40(38)34-32(37)23-10-14-31(39-19-25)29(35)16-23;1-2-5-4-6-3-1/h5,8,10-11,13-16,20-21,24-25,28,30,36H,4,6-7,9,12,17-19H2,1-3H3,(H,34,37);1-4H2/b8-5+;. The highest BCUT2D eigenvalue weighted by Gasteiger charge is 2.38. The molecule has 7 atom stereocenters. The fourth-order valence-corrected chi connectivity index (χ4v) is 10.2. The van der Waals surface area contributed by atoms with Crippen molar-refractivity contribution >= 4 is 57.7 Å². The number of anilines is 1. The van der Waals surface area contributed by atoms with Gasteiger partial charge < -0.3 is 14.7 Å². The van der Waals surface area contributed by atoms with Gasteiger partial charge in [-0.15, -0.1) is 0 Å². The summed E-state index contributed by atoms with van der Waals surface area (Å²) in [4.78, 5) is 15.6. The molecule has 2 N–H and O–H groups in total. The van der Waals surface area contributed by atoms with Crippen LogP contribution in [-0.2, 0) is 17.4 Å². The molecule has 3 heterocycles. The van der Waals surface area contributed by atoms with E-state index < -0.39 is 17.1 Å². The number of nitrogens with one attached hydrogen (secondary N) is 1. The third-order valence-corrected chi connectivity index (χ3v) is 14.0. The van der Waals surface area contributed by atoms with Crippen molar-refractivity contribution in [1.29, 1.82) is 0 Å². The average molecular weight is 705 g/mol. The average Bonchev–Trinajstić information content (AvgIpc) is 3.22. The van der Waals surface area contributed by atoms with E-state index in [1.54, 1.807) is 6.07 Å². The van der Waals surface area contributed by atoms with Crippen LogP contribution in [-0.4, -0.2) is 62.9 Å². The molecule has 0 spiro atoms. The van der Waals surface area contributed by atoms with Crippen LogP contribution in [0, 0.1) is 17.8 Å². The van der Waals surface area contributed by atoms with Crippen LogP contribution in [0.3, 0.4) is 0 Å². The Morgan fingerprint density at radius 1 is 1.11 bits per heavy atom. The van der Waals surface area contributed by atoms with Crippen molar-refractivity contribution in [3.8, 4) is 5.75 Å². The maximum Gasteiger partial charge on any atom is 0.263 e. The number of ether oxygens (including phenoxy) is 1. The molecule has 3 aliphatic heterocycles. The molecule has 1 saturated heterocycles. The second-order valence-electron chi connectivity index (χ2n) is 13.0. The number of fused-ring (bicyclic) bond motifs is 2. The van der Waals surface area contributed by atoms with Gasteiger partial charge in [0.05, 0.1) is 23.6 Å². The fourth-order valence-electron chi connectivity index (χ4n) is 6.67. The summed E-state index contributed by atoms with van der Waals surface area (Å²) in [6, 6.07) is 11.7. The van der Waals surface area contributed by atoms with Crippen LogP contribution in [0.1, 0.15) is 80.3 Å². The zero-order valence-electron chi connectivity index (χ0n) is 27.3. The van der Waals surface area contributed by atoms with E-state index in [1.807, 2.05) is 44.2 Å². The zero-order valence-corrected chi connectivity index (χ0v) is 30.5. The maximum absolute atomic E-state index is 13.2. The molecule has 6 rings (SSSR count). The number of hydrogen-bond donors (Lipinski definition) is 2. The molecular formula is C36H49ClN2O4S3. The van der Waals surface area contributed by atoms with Gasteiger partial charge in [0.15, 0.2) is 0 Å². The molecule has 46 heavy (non-hydrogen) atoms. The summed E-state index contributed by atoms with van der Waals surface area (Å²) in [7, 11) is -1.53. The van der Waals surface area contributed by atoms with Gasteiger partial charge in [0, 0.05) is 34.7 Å². The first-order chi connectivity index (χ1) is 22.2. The molecule has 4 aliphatic rings. The van der Waals surface area contributed by atoms with Crippen LogP contribution in [0.25, 0.3) is 0 Å². The Bertz CT molecular complexity index is 1380. The Morgan fingerprint density at radius 2 is 1.91 bits per heavy atom. The fraction of sp³-hybridized carbons (Fsp3) is 0.583. The van der Waals surface area contributed by atoms with E-state index in [-0.39, 0.29) is 28.9 Å². The summed E-state index contributed by atoms with van der Waals surface area (Å²) in [5, 5.41) is 12.9. The minimum atomic E-state index is -1.53. The number of carbonyl (C=O) groups is 1. The van der Waals surface area contributed by atoms with Gasteiger partial charge in [-0.05, 0) is 110 Å². The number of aliphatic hydroxyl groups excluding tert-OH is 1. The molecule has 252 valence electrons. The van der Waals surface area contributed by atoms with E-state index in [0.29, 0.717) is 24.5 Å². The van der Waals surface area contributed by atoms with Crippen molar-refractivity contribution < 1.29 is 18.8 Å². The normalized spacial score (nSPS) is 30.7. The van der Waals surface area contributed by atoms with Crippen molar-refractivity contribution in [2.75, 3.05) is 41.2 Å². The van der Waals surface area contributed by atoms with E-state index in [1.165, 1.54) is 34.1 Å². The highest BCUT2D eigenvalue weighted by Crippen LogP contribution is 2.42. The lowest BCUT2D eigenvalue weighted by molar-refractivity contribution is 0.0461. The molecule has 6 nitrogen and oxygen atoms in total. The summed E-state index contributed by atoms with van der Waals surface area (Å²) in [5.41, 5.74) is 3.83. The number of halogens is 1. The lowest BCUT2D eigenvalue weighted by atomic mass is 9.70. The van der Waals surface area contributed by atoms with Gasteiger partial charge in [-0.1, -0.05) is 50.1 Å². The smallest absolute Gasteiger partial charge is 0.263 e. The highest BCUT2D eigenvalue weighted by atomic mass is 35.5. The van der Waals surface area contributed by atoms with Crippen LogP contribution in [0.2, 0.25) is 5.02 Å². The zero-order chi connectivity index (χ0) is 32.6. The maximum atomic E-state index is 13.2. The number of aryl methyl sites for hydroxylation is 1. The topological polar surface area (TPSA) is 78.9 Å². The molecule has 0 aromatic heterocycles. The molecule has 1 amide bonds. The van der Waals surface area contributed by atoms with Crippen LogP contribution >= 0.6 is 35.1 Å². The lowest BCUT2D eigenvalue weighted by Gasteiger charge is -2.42. The number of thioether (sulfide) groups is 2. The van der Waals surface area contributed by atoms with E-state index in [2.05, 4.69) is 52.2 Å². The Labute approximate surface area is 291 Å². The number of rotatable bonds is 3. The molecule has 1 aliphatic carbocycles. The summed E-state index contributed by atoms with van der Waals surface area (Å²) in [6.45, 7) is 8.11. The second kappa shape index (κ2) is 17.1. The van der Waals surface area contributed by atoms with Crippen LogP contribution in [0.5, 0.6) is 5.75 Å². The van der Waals surface area contributed by atoms with Crippen LogP contribution in [0.4, 0.5) is 5.69 Å². The Morgan fingerprint density at radius 3 is 2.59 bits per heavy atom. The van der Waals surface area contributed by atoms with E-state index in [0.717, 1.165) is 55.2 Å². The molecule has 2 aromatic carbocycles. The predicted octanol–water partition coefficient (Wildman–Crippen LogP) is 7.85. The molecule has 10 heteroatoms. The number of benzene rings is 2. The number of hydrogen-bond acceptors (Lipinski definition) is 7. The number of carbonyl (C=O) groups excluding carboxylic acids is 1. The summed E-state index contributed by atoms with van der Waals surface area (Å²) >= 11 is 10.5. The lowest BCUT2D eigenvalue weighted by Crippen LogP contribution is -2.44. The van der Waals surface area contributed by atoms with E-state index in [9.17, 15) is 14.1 Å². The molecule has 2 fully saturated rings. The van der Waals surface area contributed by atoms with Gasteiger partial charge >= 0.3 is 0 Å². The molecule has 1 saturated carbocycles. The summed E-state index contributed by atoms with van der Waals surface area (Å²) in [5.74, 6) is 3.92. The van der Waals surface area contributed by atoms with Gasteiger partial charge in [0.25, 0.3) is 5.91 Å². The first kappa shape index (κ1) is 35.7. The predicted molar refractivity (Wildman–Crippen MR) is 197 cm³/mol. The van der Waals surface area contributed by atoms with Gasteiger partial charge in [0.2, 0.25) is 0 Å². The number of nitrogens with zero attached hydrogens (tertiary/aromatic N) is 1. The van der Waals surface area contributed by atoms with Gasteiger partial charge in [-0.2, -0.15) is 23.5 Å². The quantitative estimate of drug-likeness (QED) is 0.315. The molecular weight excluding hydrogens is 656 g/mol. The van der Waals surface area contributed by atoms with Gasteiger partial charge in [0.1, 0.15) is 16.7 Å². The largest absolute Gasteiger partial charge is 0.491 e. The minimum absolute atomic E-state index is 0.0908. The number of aliphatic hydroxyl groups is 1. The second-order valence-corrected chi connectivity index (χ2v) is 17.6. The monoisotopic (exact) mass is 704 g/mol.